The molecular formula is C18H22N4O5. The molecule has 1 aromatic carbocycles. The molecule has 0 saturated heterocycles. The van der Waals surface area contributed by atoms with E-state index in [9.17, 15) is 19.7 Å². The molecule has 9 nitrogen and oxygen atoms in total. The minimum Gasteiger partial charge on any atom is -0.444 e. The van der Waals surface area contributed by atoms with Crippen LogP contribution in [-0.2, 0) is 21.5 Å². The standard InChI is InChI=1S/C18H22N4O5/c1-17(2,3)27-16(24)19-15-20-18(10-14(23)21(15)4)8-7-11-5-6-12(22(25)26)9-13(11)18/h5-6,9H,7-8,10H2,1-4H3,(H,19,20,24)/t18-/m0/s1. The molecule has 1 N–H and O–H groups in total. The average Bonchev–Trinajstić information content (AvgIpc) is 2.88. The fourth-order valence-corrected chi connectivity index (χ4v) is 3.42. The number of non-ortho nitro benzene ring substituents is 1. The number of hydrogen-bond acceptors (Lipinski definition) is 6. The molecule has 1 aromatic rings. The van der Waals surface area contributed by atoms with E-state index in [1.165, 1.54) is 24.1 Å². The minimum atomic E-state index is -0.907. The molecule has 1 spiro atoms. The van der Waals surface area contributed by atoms with Crippen molar-refractivity contribution in [3.63, 3.8) is 0 Å². The van der Waals surface area contributed by atoms with Gasteiger partial charge >= 0.3 is 6.09 Å². The van der Waals surface area contributed by atoms with Crippen molar-refractivity contribution >= 4 is 23.6 Å². The first-order valence-electron chi connectivity index (χ1n) is 8.65. The third kappa shape index (κ3) is 3.62. The van der Waals surface area contributed by atoms with Gasteiger partial charge in [0, 0.05) is 19.2 Å². The number of nitro groups is 1. The van der Waals surface area contributed by atoms with Crippen molar-refractivity contribution in [3.05, 3.63) is 39.4 Å². The number of carbonyl (C=O) groups is 2. The highest BCUT2D eigenvalue weighted by Gasteiger charge is 2.46. The van der Waals surface area contributed by atoms with E-state index in [0.29, 0.717) is 18.4 Å². The first-order valence-corrected chi connectivity index (χ1v) is 8.65. The summed E-state index contributed by atoms with van der Waals surface area (Å²) in [6.45, 7) is 5.20. The highest BCUT2D eigenvalue weighted by atomic mass is 16.6. The Bertz CT molecular complexity index is 858. The van der Waals surface area contributed by atoms with E-state index >= 15 is 0 Å². The molecule has 0 radical (unpaired) electrons. The Kier molecular flexibility index (Phi) is 4.41. The Morgan fingerprint density at radius 1 is 1.41 bits per heavy atom. The molecule has 1 aliphatic carbocycles. The van der Waals surface area contributed by atoms with Gasteiger partial charge in [-0.2, -0.15) is 0 Å². The number of alkyl carbamates (subject to hydrolysis) is 1. The predicted molar refractivity (Wildman–Crippen MR) is 97.3 cm³/mol. The van der Waals surface area contributed by atoms with Crippen molar-refractivity contribution in [1.29, 1.82) is 0 Å². The first kappa shape index (κ1) is 18.8. The van der Waals surface area contributed by atoms with Crippen LogP contribution >= 0.6 is 0 Å². The SMILES string of the molecule is CN1C(=O)C[C@]2(CCc3ccc([N+](=O)[O-])cc32)N=C1NC(=O)OC(C)(C)C. The van der Waals surface area contributed by atoms with Gasteiger partial charge in [-0.05, 0) is 44.7 Å². The molecule has 0 unspecified atom stereocenters. The van der Waals surface area contributed by atoms with E-state index in [0.717, 1.165) is 5.56 Å². The molecular weight excluding hydrogens is 352 g/mol. The number of nitrogens with one attached hydrogen (secondary N) is 1. The van der Waals surface area contributed by atoms with Crippen LogP contribution in [0.15, 0.2) is 23.2 Å². The van der Waals surface area contributed by atoms with Gasteiger partial charge in [0.15, 0.2) is 0 Å². The summed E-state index contributed by atoms with van der Waals surface area (Å²) in [5.41, 5.74) is -0.0478. The molecule has 0 aromatic heterocycles. The summed E-state index contributed by atoms with van der Waals surface area (Å²) in [5.74, 6) is -0.143. The number of rotatable bonds is 1. The Balaban J connectivity index is 1.99. The van der Waals surface area contributed by atoms with Crippen LogP contribution in [-0.4, -0.2) is 40.4 Å². The molecule has 1 atom stereocenters. The number of nitro benzene ring substituents is 1. The van der Waals surface area contributed by atoms with Crippen LogP contribution in [0.3, 0.4) is 0 Å². The first-order chi connectivity index (χ1) is 12.5. The number of carbonyl (C=O) groups excluding carboxylic acids is 2. The quantitative estimate of drug-likeness (QED) is 0.599. The van der Waals surface area contributed by atoms with Crippen molar-refractivity contribution in [2.24, 2.45) is 4.99 Å². The van der Waals surface area contributed by atoms with Crippen LogP contribution < -0.4 is 5.32 Å². The lowest BCUT2D eigenvalue weighted by atomic mass is 9.87. The number of aryl methyl sites for hydroxylation is 1. The van der Waals surface area contributed by atoms with Crippen LogP contribution in [0.2, 0.25) is 0 Å². The van der Waals surface area contributed by atoms with Gasteiger partial charge in [-0.3, -0.25) is 25.1 Å². The Morgan fingerprint density at radius 3 is 2.74 bits per heavy atom. The van der Waals surface area contributed by atoms with Crippen molar-refractivity contribution in [2.75, 3.05) is 7.05 Å². The van der Waals surface area contributed by atoms with Crippen LogP contribution in [0.1, 0.15) is 44.7 Å². The third-order valence-electron chi connectivity index (χ3n) is 4.68. The van der Waals surface area contributed by atoms with Crippen molar-refractivity contribution in [1.82, 2.24) is 10.2 Å². The number of guanidine groups is 1. The average molecular weight is 374 g/mol. The highest BCUT2D eigenvalue weighted by Crippen LogP contribution is 2.46. The number of benzene rings is 1. The van der Waals surface area contributed by atoms with E-state index in [-0.39, 0.29) is 24.0 Å². The molecule has 0 fully saturated rings. The second-order valence-corrected chi connectivity index (χ2v) is 7.82. The fraction of sp³-hybridized carbons (Fsp3) is 0.500. The molecule has 2 aliphatic rings. The number of aliphatic imine (C=N–C) groups is 1. The van der Waals surface area contributed by atoms with Gasteiger partial charge in [-0.15, -0.1) is 0 Å². The van der Waals surface area contributed by atoms with E-state index in [1.54, 1.807) is 26.8 Å². The lowest BCUT2D eigenvalue weighted by Gasteiger charge is -2.35. The molecule has 27 heavy (non-hydrogen) atoms. The lowest BCUT2D eigenvalue weighted by molar-refractivity contribution is -0.385. The summed E-state index contributed by atoms with van der Waals surface area (Å²) in [6, 6.07) is 4.65. The van der Waals surface area contributed by atoms with Crippen molar-refractivity contribution in [2.45, 2.75) is 51.2 Å². The second-order valence-electron chi connectivity index (χ2n) is 7.82. The normalized spacial score (nSPS) is 21.7. The minimum absolute atomic E-state index is 0.0433. The molecule has 0 bridgehead atoms. The predicted octanol–water partition coefficient (Wildman–Crippen LogP) is 2.48. The molecule has 3 rings (SSSR count). The zero-order valence-electron chi connectivity index (χ0n) is 15.7. The Hall–Kier alpha value is -2.97. The van der Waals surface area contributed by atoms with Gasteiger partial charge in [0.05, 0.1) is 16.9 Å². The second kappa shape index (κ2) is 6.33. The van der Waals surface area contributed by atoms with Crippen molar-refractivity contribution in [3.8, 4) is 0 Å². The van der Waals surface area contributed by atoms with E-state index < -0.39 is 22.2 Å². The van der Waals surface area contributed by atoms with E-state index in [4.69, 9.17) is 4.74 Å². The molecule has 0 saturated carbocycles. The van der Waals surface area contributed by atoms with Crippen LogP contribution in [0.5, 0.6) is 0 Å². The summed E-state index contributed by atoms with van der Waals surface area (Å²) in [5, 5.41) is 13.7. The third-order valence-corrected chi connectivity index (χ3v) is 4.68. The van der Waals surface area contributed by atoms with E-state index in [1.807, 2.05) is 0 Å². The van der Waals surface area contributed by atoms with Gasteiger partial charge in [0.25, 0.3) is 5.69 Å². The maximum atomic E-state index is 12.6. The zero-order valence-corrected chi connectivity index (χ0v) is 15.7. The summed E-state index contributed by atoms with van der Waals surface area (Å²) in [7, 11) is 1.52. The summed E-state index contributed by atoms with van der Waals surface area (Å²) < 4.78 is 5.24. The largest absolute Gasteiger partial charge is 0.444 e. The molecule has 1 heterocycles. The van der Waals surface area contributed by atoms with Crippen LogP contribution in [0, 0.1) is 10.1 Å². The van der Waals surface area contributed by atoms with Gasteiger partial charge in [-0.25, -0.2) is 9.79 Å². The van der Waals surface area contributed by atoms with E-state index in [2.05, 4.69) is 10.3 Å². The lowest BCUT2D eigenvalue weighted by Crippen LogP contribution is -2.52. The smallest absolute Gasteiger partial charge is 0.414 e. The number of amides is 2. The molecule has 2 amide bonds. The summed E-state index contributed by atoms with van der Waals surface area (Å²) >= 11 is 0. The monoisotopic (exact) mass is 374 g/mol. The number of ether oxygens (including phenoxy) is 1. The van der Waals surface area contributed by atoms with Crippen LogP contribution in [0.25, 0.3) is 0 Å². The van der Waals surface area contributed by atoms with Gasteiger partial charge in [0.2, 0.25) is 11.9 Å². The van der Waals surface area contributed by atoms with Crippen LogP contribution in [0.4, 0.5) is 10.5 Å². The Labute approximate surface area is 156 Å². The topological polar surface area (TPSA) is 114 Å². The molecule has 1 aliphatic heterocycles. The van der Waals surface area contributed by atoms with Gasteiger partial charge < -0.3 is 4.74 Å². The Morgan fingerprint density at radius 2 is 2.11 bits per heavy atom. The van der Waals surface area contributed by atoms with Crippen molar-refractivity contribution < 1.29 is 19.2 Å². The highest BCUT2D eigenvalue weighted by molar-refractivity contribution is 6.05. The summed E-state index contributed by atoms with van der Waals surface area (Å²) in [6.07, 6.45) is 0.586. The fourth-order valence-electron chi connectivity index (χ4n) is 3.42. The number of fused-ring (bicyclic) bond motifs is 2. The summed E-state index contributed by atoms with van der Waals surface area (Å²) in [4.78, 5) is 41.3. The zero-order chi connectivity index (χ0) is 20.0. The number of nitrogens with zero attached hydrogens (tertiary/aromatic N) is 3. The molecule has 9 heteroatoms. The van der Waals surface area contributed by atoms with Gasteiger partial charge in [0.1, 0.15) is 5.60 Å². The maximum absolute atomic E-state index is 12.6. The molecule has 144 valence electrons. The maximum Gasteiger partial charge on any atom is 0.414 e. The van der Waals surface area contributed by atoms with Gasteiger partial charge in [-0.1, -0.05) is 6.07 Å². The number of hydrogen-bond donors (Lipinski definition) is 1.